The minimum atomic E-state index is -3.92. The highest BCUT2D eigenvalue weighted by atomic mass is 32.2. The van der Waals surface area contributed by atoms with Gasteiger partial charge in [0.2, 0.25) is 10.0 Å². The lowest BCUT2D eigenvalue weighted by atomic mass is 10.2. The van der Waals surface area contributed by atoms with E-state index in [1.807, 2.05) is 12.1 Å². The molecular weight excluding hydrogens is 370 g/mol. The molecule has 1 aliphatic rings. The first kappa shape index (κ1) is 17.6. The number of non-ortho nitro benzene ring substituents is 1. The largest absolute Gasteiger partial charge is 0.285 e. The Morgan fingerprint density at radius 3 is 2.81 bits per heavy atom. The molecule has 1 fully saturated rings. The monoisotopic (exact) mass is 387 g/mol. The van der Waals surface area contributed by atoms with Crippen LogP contribution < -0.4 is 0 Å². The fourth-order valence-electron chi connectivity index (χ4n) is 3.48. The summed E-state index contributed by atoms with van der Waals surface area (Å²) in [6.45, 7) is 1.96. The number of pyridine rings is 1. The van der Waals surface area contributed by atoms with Crippen molar-refractivity contribution in [3.05, 3.63) is 64.1 Å². The summed E-state index contributed by atoms with van der Waals surface area (Å²) in [5, 5.41) is 19.4. The van der Waals surface area contributed by atoms with E-state index in [0.717, 1.165) is 6.07 Å². The van der Waals surface area contributed by atoms with Gasteiger partial charge in [0, 0.05) is 24.9 Å². The summed E-state index contributed by atoms with van der Waals surface area (Å²) >= 11 is 0. The second kappa shape index (κ2) is 6.39. The van der Waals surface area contributed by atoms with Crippen molar-refractivity contribution in [3.8, 4) is 0 Å². The third-order valence-corrected chi connectivity index (χ3v) is 6.86. The zero-order valence-electron chi connectivity index (χ0n) is 14.5. The molecule has 1 atom stereocenters. The van der Waals surface area contributed by atoms with Gasteiger partial charge in [-0.25, -0.2) is 8.42 Å². The lowest BCUT2D eigenvalue weighted by Gasteiger charge is -2.23. The van der Waals surface area contributed by atoms with E-state index in [0.29, 0.717) is 36.4 Å². The Bertz CT molecular complexity index is 1140. The second-order valence-corrected chi connectivity index (χ2v) is 8.33. The Kier molecular flexibility index (Phi) is 4.16. The molecule has 0 aliphatic carbocycles. The summed E-state index contributed by atoms with van der Waals surface area (Å²) in [5.41, 5.74) is 0.864. The van der Waals surface area contributed by atoms with Gasteiger partial charge in [-0.15, -0.1) is 10.2 Å². The van der Waals surface area contributed by atoms with Crippen LogP contribution in [0.4, 0.5) is 5.69 Å². The maximum absolute atomic E-state index is 13.3. The number of sulfonamides is 1. The van der Waals surface area contributed by atoms with Crippen molar-refractivity contribution in [2.24, 2.45) is 0 Å². The second-order valence-electron chi connectivity index (χ2n) is 6.47. The number of nitrogens with zero attached hydrogens (tertiary/aromatic N) is 5. The Morgan fingerprint density at radius 1 is 1.22 bits per heavy atom. The van der Waals surface area contributed by atoms with Crippen LogP contribution in [-0.4, -0.2) is 38.8 Å². The van der Waals surface area contributed by atoms with E-state index in [9.17, 15) is 18.5 Å². The summed E-state index contributed by atoms with van der Waals surface area (Å²) in [6.07, 6.45) is 3.09. The molecule has 2 aromatic heterocycles. The van der Waals surface area contributed by atoms with Crippen LogP contribution in [0.3, 0.4) is 0 Å². The molecule has 1 saturated heterocycles. The van der Waals surface area contributed by atoms with Gasteiger partial charge in [-0.2, -0.15) is 4.31 Å². The zero-order chi connectivity index (χ0) is 19.2. The first-order chi connectivity index (χ1) is 12.9. The summed E-state index contributed by atoms with van der Waals surface area (Å²) in [6, 6.07) is 8.90. The molecule has 10 heteroatoms. The third-order valence-electron chi connectivity index (χ3n) is 4.81. The molecular formula is C17H17N5O4S. The number of hydrogen-bond donors (Lipinski definition) is 0. The van der Waals surface area contributed by atoms with Gasteiger partial charge in [-0.05, 0) is 37.5 Å². The van der Waals surface area contributed by atoms with Crippen LogP contribution in [0.15, 0.2) is 47.5 Å². The average molecular weight is 387 g/mol. The number of aromatic nitrogens is 3. The lowest BCUT2D eigenvalue weighted by Crippen LogP contribution is -2.32. The number of nitro benzene ring substituents is 1. The molecule has 27 heavy (non-hydrogen) atoms. The smallest absolute Gasteiger partial charge is 0.270 e. The molecule has 9 nitrogen and oxygen atoms in total. The summed E-state index contributed by atoms with van der Waals surface area (Å²) in [7, 11) is -3.92. The van der Waals surface area contributed by atoms with E-state index in [1.54, 1.807) is 23.6 Å². The summed E-state index contributed by atoms with van der Waals surface area (Å²) in [5.74, 6) is 0.551. The molecule has 1 unspecified atom stereocenters. The van der Waals surface area contributed by atoms with Crippen LogP contribution in [0.25, 0.3) is 5.65 Å². The van der Waals surface area contributed by atoms with E-state index in [2.05, 4.69) is 10.2 Å². The number of hydrogen-bond acceptors (Lipinski definition) is 6. The van der Waals surface area contributed by atoms with Crippen LogP contribution in [0.2, 0.25) is 0 Å². The van der Waals surface area contributed by atoms with Crippen molar-refractivity contribution in [2.75, 3.05) is 6.54 Å². The quantitative estimate of drug-likeness (QED) is 0.502. The summed E-state index contributed by atoms with van der Waals surface area (Å²) in [4.78, 5) is 10.5. The van der Waals surface area contributed by atoms with Gasteiger partial charge in [0.1, 0.15) is 0 Å². The van der Waals surface area contributed by atoms with E-state index in [1.165, 1.54) is 16.4 Å². The Morgan fingerprint density at radius 2 is 2.04 bits per heavy atom. The lowest BCUT2D eigenvalue weighted by molar-refractivity contribution is -0.385. The normalized spacial score (nSPS) is 18.2. The van der Waals surface area contributed by atoms with E-state index >= 15 is 0 Å². The molecule has 3 heterocycles. The molecule has 0 radical (unpaired) electrons. The van der Waals surface area contributed by atoms with Crippen molar-refractivity contribution in [1.82, 2.24) is 18.9 Å². The van der Waals surface area contributed by atoms with Crippen molar-refractivity contribution < 1.29 is 13.3 Å². The molecule has 140 valence electrons. The minimum absolute atomic E-state index is 0.0441. The van der Waals surface area contributed by atoms with Crippen molar-refractivity contribution >= 4 is 21.4 Å². The molecule has 0 bridgehead atoms. The fourth-order valence-corrected chi connectivity index (χ4v) is 5.38. The van der Waals surface area contributed by atoms with E-state index < -0.39 is 21.0 Å². The van der Waals surface area contributed by atoms with Gasteiger partial charge >= 0.3 is 0 Å². The van der Waals surface area contributed by atoms with Gasteiger partial charge in [-0.1, -0.05) is 12.1 Å². The molecule has 4 rings (SSSR count). The maximum atomic E-state index is 13.3. The Labute approximate surface area is 155 Å². The Balaban J connectivity index is 1.80. The Hall–Kier alpha value is -2.85. The van der Waals surface area contributed by atoms with Crippen molar-refractivity contribution in [1.29, 1.82) is 0 Å². The van der Waals surface area contributed by atoms with Gasteiger partial charge in [0.05, 0.1) is 15.9 Å². The molecule has 1 aromatic carbocycles. The predicted octanol–water partition coefficient (Wildman–Crippen LogP) is 2.47. The van der Waals surface area contributed by atoms with E-state index in [-0.39, 0.29) is 10.6 Å². The highest BCUT2D eigenvalue weighted by molar-refractivity contribution is 7.89. The van der Waals surface area contributed by atoms with Gasteiger partial charge in [0.15, 0.2) is 11.5 Å². The van der Waals surface area contributed by atoms with Gasteiger partial charge in [-0.3, -0.25) is 14.5 Å². The molecule has 0 spiro atoms. The highest BCUT2D eigenvalue weighted by Gasteiger charge is 2.39. The number of benzene rings is 1. The van der Waals surface area contributed by atoms with Crippen LogP contribution >= 0.6 is 0 Å². The molecule has 0 amide bonds. The number of nitro groups is 1. The minimum Gasteiger partial charge on any atom is -0.285 e. The standard InChI is InChI=1S/C17H17N5O4S/c1-12-7-8-13(22(23)24)11-15(12)27(25,26)21-10-4-5-14(21)17-19-18-16-6-2-3-9-20(16)17/h2-3,6-9,11,14H,4-5,10H2,1H3. The first-order valence-electron chi connectivity index (χ1n) is 8.46. The highest BCUT2D eigenvalue weighted by Crippen LogP contribution is 2.37. The average Bonchev–Trinajstić information content (AvgIpc) is 3.28. The number of aryl methyl sites for hydroxylation is 1. The van der Waals surface area contributed by atoms with Crippen LogP contribution in [0.5, 0.6) is 0 Å². The fraction of sp³-hybridized carbons (Fsp3) is 0.294. The SMILES string of the molecule is Cc1ccc([N+](=O)[O-])cc1S(=O)(=O)N1CCCC1c1nnc2ccccn12. The number of fused-ring (bicyclic) bond motifs is 1. The van der Waals surface area contributed by atoms with Crippen molar-refractivity contribution in [2.45, 2.75) is 30.7 Å². The molecule has 0 N–H and O–H groups in total. The molecule has 3 aromatic rings. The third kappa shape index (κ3) is 2.86. The van der Waals surface area contributed by atoms with E-state index in [4.69, 9.17) is 0 Å². The zero-order valence-corrected chi connectivity index (χ0v) is 15.3. The number of rotatable bonds is 4. The topological polar surface area (TPSA) is 111 Å². The van der Waals surface area contributed by atoms with Crippen LogP contribution in [0.1, 0.15) is 30.3 Å². The van der Waals surface area contributed by atoms with Crippen LogP contribution in [0, 0.1) is 17.0 Å². The molecule has 0 saturated carbocycles. The summed E-state index contributed by atoms with van der Waals surface area (Å²) < 4.78 is 29.8. The molecule has 1 aliphatic heterocycles. The first-order valence-corrected chi connectivity index (χ1v) is 9.90. The van der Waals surface area contributed by atoms with Crippen molar-refractivity contribution in [3.63, 3.8) is 0 Å². The van der Waals surface area contributed by atoms with Crippen LogP contribution in [-0.2, 0) is 10.0 Å². The maximum Gasteiger partial charge on any atom is 0.270 e. The van der Waals surface area contributed by atoms with Gasteiger partial charge in [0.25, 0.3) is 5.69 Å². The predicted molar refractivity (Wildman–Crippen MR) is 96.7 cm³/mol. The van der Waals surface area contributed by atoms with Gasteiger partial charge < -0.3 is 0 Å².